The van der Waals surface area contributed by atoms with Crippen LogP contribution < -0.4 is 0 Å². The van der Waals surface area contributed by atoms with Crippen molar-refractivity contribution in [2.75, 3.05) is 0 Å². The summed E-state index contributed by atoms with van der Waals surface area (Å²) < 4.78 is 0.913. The maximum atomic E-state index is 10.4. The van der Waals surface area contributed by atoms with Crippen LogP contribution in [0.5, 0.6) is 0 Å². The van der Waals surface area contributed by atoms with Crippen molar-refractivity contribution in [3.8, 4) is 0 Å². The van der Waals surface area contributed by atoms with Gasteiger partial charge in [-0.05, 0) is 34.3 Å². The van der Waals surface area contributed by atoms with Crippen LogP contribution >= 0.6 is 38.9 Å². The minimum absolute atomic E-state index is 0.203. The van der Waals surface area contributed by atoms with Gasteiger partial charge in [-0.2, -0.15) is 0 Å². The Bertz CT molecular complexity index is 318. The Morgan fingerprint density at radius 2 is 2.43 bits per heavy atom. The average molecular weight is 298 g/mol. The number of carboxylic acids is 1. The lowest BCUT2D eigenvalue weighted by Crippen LogP contribution is -1.98. The third-order valence-electron chi connectivity index (χ3n) is 1.94. The van der Waals surface area contributed by atoms with E-state index in [9.17, 15) is 4.79 Å². The molecular formula is C9H10BrClO2S. The van der Waals surface area contributed by atoms with Crippen LogP contribution in [0.25, 0.3) is 0 Å². The first-order valence-corrected chi connectivity index (χ1v) is 6.16. The topological polar surface area (TPSA) is 37.3 Å². The summed E-state index contributed by atoms with van der Waals surface area (Å²) in [7, 11) is 0. The second-order valence-corrected chi connectivity index (χ2v) is 5.91. The first-order chi connectivity index (χ1) is 6.50. The maximum Gasteiger partial charge on any atom is 0.303 e. The van der Waals surface area contributed by atoms with Crippen molar-refractivity contribution < 1.29 is 9.90 Å². The summed E-state index contributed by atoms with van der Waals surface area (Å²) in [5, 5.41) is 9.24. The molecule has 0 aliphatic rings. The molecule has 0 bridgehead atoms. The minimum atomic E-state index is -0.751. The van der Waals surface area contributed by atoms with Gasteiger partial charge in [-0.15, -0.1) is 11.3 Å². The standard InChI is InChI=1S/C9H10BrClO2S/c1-5(2-3-8(12)13)7-4-6(11)9(10)14-7/h4-5H,2-3H2,1H3,(H,12,13). The fourth-order valence-corrected chi connectivity index (χ4v) is 2.92. The van der Waals surface area contributed by atoms with Gasteiger partial charge in [0, 0.05) is 11.3 Å². The molecule has 1 unspecified atom stereocenters. The molecule has 0 aromatic carbocycles. The smallest absolute Gasteiger partial charge is 0.303 e. The first-order valence-electron chi connectivity index (χ1n) is 4.17. The molecule has 0 fully saturated rings. The van der Waals surface area contributed by atoms with Crippen LogP contribution in [0, 0.1) is 0 Å². The van der Waals surface area contributed by atoms with E-state index in [2.05, 4.69) is 15.9 Å². The number of aliphatic carboxylic acids is 1. The van der Waals surface area contributed by atoms with Gasteiger partial charge in [0.05, 0.1) is 8.81 Å². The van der Waals surface area contributed by atoms with Crippen LogP contribution in [-0.4, -0.2) is 11.1 Å². The molecule has 0 saturated carbocycles. The lowest BCUT2D eigenvalue weighted by molar-refractivity contribution is -0.137. The number of rotatable bonds is 4. The number of hydrogen-bond acceptors (Lipinski definition) is 2. The van der Waals surface area contributed by atoms with Crippen LogP contribution in [0.4, 0.5) is 0 Å². The van der Waals surface area contributed by atoms with Gasteiger partial charge in [0.1, 0.15) is 0 Å². The molecular weight excluding hydrogens is 288 g/mol. The summed E-state index contributed by atoms with van der Waals surface area (Å²) in [4.78, 5) is 11.5. The predicted octanol–water partition coefficient (Wildman–Crippen LogP) is 4.13. The van der Waals surface area contributed by atoms with E-state index in [1.54, 1.807) is 11.3 Å². The van der Waals surface area contributed by atoms with E-state index in [0.717, 1.165) is 8.66 Å². The van der Waals surface area contributed by atoms with Gasteiger partial charge in [-0.25, -0.2) is 0 Å². The third kappa shape index (κ3) is 3.26. The molecule has 1 N–H and O–H groups in total. The summed E-state index contributed by atoms with van der Waals surface area (Å²) in [6, 6.07) is 1.89. The molecule has 1 atom stereocenters. The second-order valence-electron chi connectivity index (χ2n) is 3.10. The van der Waals surface area contributed by atoms with Gasteiger partial charge >= 0.3 is 5.97 Å². The Hall–Kier alpha value is -0.0600. The average Bonchev–Trinajstić information content (AvgIpc) is 2.43. The van der Waals surface area contributed by atoms with E-state index < -0.39 is 5.97 Å². The zero-order valence-electron chi connectivity index (χ0n) is 7.59. The highest BCUT2D eigenvalue weighted by Gasteiger charge is 2.12. The van der Waals surface area contributed by atoms with Crippen molar-refractivity contribution in [1.82, 2.24) is 0 Å². The molecule has 0 amide bonds. The highest BCUT2D eigenvalue weighted by atomic mass is 79.9. The Morgan fingerprint density at radius 3 is 2.86 bits per heavy atom. The van der Waals surface area contributed by atoms with Gasteiger partial charge in [0.25, 0.3) is 0 Å². The number of thiophene rings is 1. The summed E-state index contributed by atoms with van der Waals surface area (Å²) in [6.45, 7) is 2.01. The highest BCUT2D eigenvalue weighted by molar-refractivity contribution is 9.11. The predicted molar refractivity (Wildman–Crippen MR) is 62.3 cm³/mol. The molecule has 0 saturated heterocycles. The normalized spacial score (nSPS) is 12.8. The molecule has 0 aliphatic carbocycles. The Balaban J connectivity index is 2.60. The van der Waals surface area contributed by atoms with Crippen LogP contribution in [0.15, 0.2) is 9.85 Å². The van der Waals surface area contributed by atoms with Gasteiger partial charge in [-0.3, -0.25) is 4.79 Å². The van der Waals surface area contributed by atoms with Crippen LogP contribution in [0.1, 0.15) is 30.6 Å². The summed E-state index contributed by atoms with van der Waals surface area (Å²) in [5.41, 5.74) is 0. The Labute approximate surface area is 100 Å². The minimum Gasteiger partial charge on any atom is -0.481 e. The second kappa shape index (κ2) is 5.14. The van der Waals surface area contributed by atoms with Crippen molar-refractivity contribution in [3.05, 3.63) is 19.8 Å². The molecule has 1 aromatic rings. The van der Waals surface area contributed by atoms with E-state index in [0.29, 0.717) is 11.4 Å². The fraction of sp³-hybridized carbons (Fsp3) is 0.444. The largest absolute Gasteiger partial charge is 0.481 e. The van der Waals surface area contributed by atoms with Crippen molar-refractivity contribution in [3.63, 3.8) is 0 Å². The van der Waals surface area contributed by atoms with Crippen molar-refractivity contribution in [1.29, 1.82) is 0 Å². The SMILES string of the molecule is CC(CCC(=O)O)c1cc(Cl)c(Br)s1. The van der Waals surface area contributed by atoms with Crippen molar-refractivity contribution >= 4 is 44.8 Å². The van der Waals surface area contributed by atoms with Gasteiger partial charge in [0.15, 0.2) is 0 Å². The molecule has 78 valence electrons. The summed E-state index contributed by atoms with van der Waals surface area (Å²) in [6.07, 6.45) is 0.854. The Kier molecular flexibility index (Phi) is 4.41. The summed E-state index contributed by atoms with van der Waals surface area (Å²) in [5.74, 6) is -0.501. The third-order valence-corrected chi connectivity index (χ3v) is 4.65. The number of hydrogen-bond donors (Lipinski definition) is 1. The Morgan fingerprint density at radius 1 is 1.79 bits per heavy atom. The fourth-order valence-electron chi connectivity index (χ4n) is 1.09. The van der Waals surface area contributed by atoms with Crippen molar-refractivity contribution in [2.45, 2.75) is 25.7 Å². The lowest BCUT2D eigenvalue weighted by Gasteiger charge is -2.05. The molecule has 0 aliphatic heterocycles. The first kappa shape index (κ1) is 12.0. The molecule has 1 rings (SSSR count). The monoisotopic (exact) mass is 296 g/mol. The van der Waals surface area contributed by atoms with E-state index in [-0.39, 0.29) is 12.3 Å². The van der Waals surface area contributed by atoms with Crippen LogP contribution in [-0.2, 0) is 4.79 Å². The number of carboxylic acid groups (broad SMARTS) is 1. The number of halogens is 2. The van der Waals surface area contributed by atoms with Crippen LogP contribution in [0.3, 0.4) is 0 Å². The molecule has 1 aromatic heterocycles. The van der Waals surface area contributed by atoms with E-state index in [4.69, 9.17) is 16.7 Å². The van der Waals surface area contributed by atoms with E-state index in [1.165, 1.54) is 0 Å². The van der Waals surface area contributed by atoms with E-state index >= 15 is 0 Å². The number of carbonyl (C=O) groups is 1. The van der Waals surface area contributed by atoms with E-state index in [1.807, 2.05) is 13.0 Å². The van der Waals surface area contributed by atoms with Gasteiger partial charge in [0.2, 0.25) is 0 Å². The lowest BCUT2D eigenvalue weighted by atomic mass is 10.0. The van der Waals surface area contributed by atoms with Crippen molar-refractivity contribution in [2.24, 2.45) is 0 Å². The van der Waals surface area contributed by atoms with Gasteiger partial charge < -0.3 is 5.11 Å². The zero-order valence-corrected chi connectivity index (χ0v) is 10.7. The maximum absolute atomic E-state index is 10.4. The quantitative estimate of drug-likeness (QED) is 0.907. The van der Waals surface area contributed by atoms with Crippen LogP contribution in [0.2, 0.25) is 5.02 Å². The molecule has 14 heavy (non-hydrogen) atoms. The molecule has 0 spiro atoms. The zero-order chi connectivity index (χ0) is 10.7. The van der Waals surface area contributed by atoms with Gasteiger partial charge in [-0.1, -0.05) is 18.5 Å². The molecule has 1 heterocycles. The molecule has 5 heteroatoms. The molecule has 0 radical (unpaired) electrons. The molecule has 2 nitrogen and oxygen atoms in total. The highest BCUT2D eigenvalue weighted by Crippen LogP contribution is 2.37. The summed E-state index contributed by atoms with van der Waals surface area (Å²) >= 11 is 10.8.